The fraction of sp³-hybridized carbons (Fsp3) is 0.400. The SMILES string of the molecule is C=CC(=O)Cl.C=CC(=O)Nc1cc(Nc2ncc(F)c(Nc3ccccc3P(C)(C)=O)n2)c(OC)cc1N1CCC(N2CCN(C)CC2)CC1.COc1cc(N2CCC(N3CCN(C)CC3)CC2)c(N)cc1Nc1ncc(F)c(Nc2ccccc2P(C)(C)=O)n1.O=CO[O-].[Na+]. The Kier molecular flexibility index (Phi) is 29.9. The molecule has 10 rings (SSSR count). The average molecular weight is 1390 g/mol. The predicted molar refractivity (Wildman–Crippen MR) is 374 cm³/mol. The van der Waals surface area contributed by atoms with Crippen LogP contribution in [-0.4, -0.2) is 203 Å². The van der Waals surface area contributed by atoms with E-state index < -0.39 is 31.2 Å². The summed E-state index contributed by atoms with van der Waals surface area (Å²) in [5.74, 6) is -0.384. The molecule has 25 nitrogen and oxygen atoms in total. The largest absolute Gasteiger partial charge is 1.00 e. The first-order chi connectivity index (χ1) is 45.4. The minimum Gasteiger partial charge on any atom is -0.662 e. The summed E-state index contributed by atoms with van der Waals surface area (Å²) >= 11 is 4.71. The summed E-state index contributed by atoms with van der Waals surface area (Å²) in [4.78, 5) is 64.7. The molecule has 31 heteroatoms. The van der Waals surface area contributed by atoms with Crippen molar-refractivity contribution in [2.24, 2.45) is 0 Å². The summed E-state index contributed by atoms with van der Waals surface area (Å²) in [5, 5.41) is 24.3. The molecule has 4 fully saturated rings. The van der Waals surface area contributed by atoms with Gasteiger partial charge in [-0.25, -0.2) is 18.7 Å². The summed E-state index contributed by atoms with van der Waals surface area (Å²) in [6.07, 6.45) is 8.66. The van der Waals surface area contributed by atoms with Crippen LogP contribution in [0.4, 0.5) is 77.8 Å². The second-order valence-corrected chi connectivity index (χ2v) is 30.4. The van der Waals surface area contributed by atoms with E-state index in [1.807, 2.05) is 12.1 Å². The number of methoxy groups -OCH3 is 2. The number of ether oxygens (including phenoxy) is 2. The van der Waals surface area contributed by atoms with Gasteiger partial charge in [-0.15, -0.1) is 0 Å². The molecule has 4 aliphatic rings. The van der Waals surface area contributed by atoms with Crippen molar-refractivity contribution in [2.75, 3.05) is 176 Å². The number of nitrogen functional groups attached to an aromatic ring is 1. The quantitative estimate of drug-likeness (QED) is 0.00833. The summed E-state index contributed by atoms with van der Waals surface area (Å²) < 4.78 is 66.6. The van der Waals surface area contributed by atoms with E-state index in [0.717, 1.165) is 134 Å². The van der Waals surface area contributed by atoms with Gasteiger partial charge in [0.15, 0.2) is 23.3 Å². The number of para-hydroxylation sites is 2. The van der Waals surface area contributed by atoms with Crippen LogP contribution in [0, 0.1) is 11.6 Å². The van der Waals surface area contributed by atoms with E-state index in [-0.39, 0.29) is 65.5 Å². The predicted octanol–water partition coefficient (Wildman–Crippen LogP) is 5.23. The molecular formula is C65H86ClF2N16NaO9P2. The van der Waals surface area contributed by atoms with Crippen molar-refractivity contribution in [3.63, 3.8) is 0 Å². The second kappa shape index (κ2) is 36.9. The van der Waals surface area contributed by atoms with Crippen LogP contribution in [-0.2, 0) is 28.4 Å². The second-order valence-electron chi connectivity index (χ2n) is 23.7. The number of nitrogens with one attached hydrogen (secondary N) is 5. The van der Waals surface area contributed by atoms with E-state index in [9.17, 15) is 27.5 Å². The molecule has 6 heterocycles. The monoisotopic (exact) mass is 1390 g/mol. The first-order valence-electron chi connectivity index (χ1n) is 30.8. The molecule has 4 saturated heterocycles. The smallest absolute Gasteiger partial charge is 0.662 e. The van der Waals surface area contributed by atoms with Gasteiger partial charge in [0.25, 0.3) is 6.47 Å². The van der Waals surface area contributed by atoms with Gasteiger partial charge in [0.05, 0.1) is 72.1 Å². The molecule has 0 radical (unpaired) electrons. The van der Waals surface area contributed by atoms with Gasteiger partial charge in [0, 0.05) is 113 Å². The van der Waals surface area contributed by atoms with E-state index in [4.69, 9.17) is 36.9 Å². The number of amides is 1. The Morgan fingerprint density at radius 3 is 1.38 bits per heavy atom. The Hall–Kier alpha value is -7.26. The molecule has 7 N–H and O–H groups in total. The molecule has 0 spiro atoms. The van der Waals surface area contributed by atoms with E-state index >= 15 is 0 Å². The number of piperidine rings is 2. The molecule has 1 amide bonds. The zero-order chi connectivity index (χ0) is 69.0. The Labute approximate surface area is 587 Å². The maximum Gasteiger partial charge on any atom is 1.00 e. The molecule has 0 aliphatic carbocycles. The first-order valence-corrected chi connectivity index (χ1v) is 36.4. The molecule has 6 aromatic rings. The maximum atomic E-state index is 14.9. The van der Waals surface area contributed by atoms with Crippen LogP contribution in [0.5, 0.6) is 11.5 Å². The van der Waals surface area contributed by atoms with E-state index in [1.165, 1.54) is 6.08 Å². The fourth-order valence-corrected chi connectivity index (χ4v) is 13.8. The summed E-state index contributed by atoms with van der Waals surface area (Å²) in [7, 11) is 2.27. The average Bonchev–Trinajstić information content (AvgIpc) is 0.809. The van der Waals surface area contributed by atoms with Crippen molar-refractivity contribution in [3.8, 4) is 11.5 Å². The number of hydrogen-bond acceptors (Lipinski definition) is 24. The van der Waals surface area contributed by atoms with Gasteiger partial charge >= 0.3 is 29.6 Å². The van der Waals surface area contributed by atoms with Gasteiger partial charge in [-0.2, -0.15) is 9.97 Å². The van der Waals surface area contributed by atoms with Gasteiger partial charge in [-0.1, -0.05) is 37.4 Å². The molecule has 96 heavy (non-hydrogen) atoms. The number of benzene rings is 4. The summed E-state index contributed by atoms with van der Waals surface area (Å²) in [6.45, 7) is 25.6. The van der Waals surface area contributed by atoms with Gasteiger partial charge in [0.2, 0.25) is 23.0 Å². The first kappa shape index (κ1) is 77.7. The minimum atomic E-state index is -2.65. The van der Waals surface area contributed by atoms with Crippen LogP contribution < -0.4 is 97.0 Å². The van der Waals surface area contributed by atoms with Crippen LogP contribution in [0.25, 0.3) is 0 Å². The molecule has 4 aliphatic heterocycles. The third kappa shape index (κ3) is 22.1. The number of allylic oxidation sites excluding steroid dienone is 1. The topological polar surface area (TPSA) is 293 Å². The zero-order valence-electron chi connectivity index (χ0n) is 55.9. The van der Waals surface area contributed by atoms with Crippen LogP contribution >= 0.6 is 25.9 Å². The number of halogens is 3. The van der Waals surface area contributed by atoms with Gasteiger partial charge in [0.1, 0.15) is 25.8 Å². The van der Waals surface area contributed by atoms with E-state index in [2.05, 4.69) is 108 Å². The number of carbonyl (C=O) groups is 3. The molecule has 2 aromatic heterocycles. The number of nitrogens with zero attached hydrogens (tertiary/aromatic N) is 10. The number of rotatable bonds is 20. The third-order valence-corrected chi connectivity index (χ3v) is 19.7. The van der Waals surface area contributed by atoms with Crippen LogP contribution in [0.1, 0.15) is 25.7 Å². The van der Waals surface area contributed by atoms with Crippen LogP contribution in [0.2, 0.25) is 0 Å². The third-order valence-electron chi connectivity index (χ3n) is 16.5. The van der Waals surface area contributed by atoms with Crippen molar-refractivity contribution < 1.29 is 81.5 Å². The molecule has 0 bridgehead atoms. The Morgan fingerprint density at radius 1 is 0.615 bits per heavy atom. The fourth-order valence-electron chi connectivity index (χ4n) is 11.4. The van der Waals surface area contributed by atoms with Crippen molar-refractivity contribution in [1.82, 2.24) is 39.5 Å². The van der Waals surface area contributed by atoms with Gasteiger partial charge in [-0.05, 0) is 127 Å². The molecule has 512 valence electrons. The standard InChI is InChI=1S/C32H42FN8O3P.C29H40FN8O2P.C3H3ClO.CH2O3.Na/c1-6-30(42)35-25-19-26(28(44-3)20-27(25)41-13-11-22(12-14-41)40-17-15-39(2)16-18-40)37-32-34-21-23(33)31(38-32)36-24-9-7-8-10-29(24)45(4,5)43;1-36-13-15-37(16-14-36)20-9-11-38(12-10-20)25-18-26(40-2)24(17-22(25)31)34-29-32-19-21(30)28(35-29)33-23-7-5-6-8-27(23)41(3,4)39;1-2-3(4)5;2-1-4-3;/h6-10,19-22H,1,11-18H2,2-5H3,(H,35,42)(H2,34,36,37,38);5-8,17-20H,9-16,31H2,1-4H3,(H2,32,33,34,35);2H,1H2;1,3H;/q;;;;+1/p-1. The maximum absolute atomic E-state index is 14.9. The Morgan fingerprint density at radius 2 is 1.00 bits per heavy atom. The number of likely N-dealkylation sites (N-methyl/N-ethyl adjacent to an activating group) is 2. The minimum absolute atomic E-state index is 0. The van der Waals surface area contributed by atoms with Crippen molar-refractivity contribution in [3.05, 3.63) is 122 Å². The molecule has 0 saturated carbocycles. The van der Waals surface area contributed by atoms with Gasteiger partial charge < -0.3 is 80.7 Å². The molecule has 4 aromatic carbocycles. The van der Waals surface area contributed by atoms with E-state index in [0.29, 0.717) is 68.3 Å². The summed E-state index contributed by atoms with van der Waals surface area (Å²) in [5.41, 5.74) is 11.6. The number of aromatic nitrogens is 4. The van der Waals surface area contributed by atoms with Gasteiger partial charge in [-0.3, -0.25) is 24.2 Å². The van der Waals surface area contributed by atoms with Crippen molar-refractivity contribution >= 4 is 123 Å². The number of nitrogens with two attached hydrogens (primary N) is 1. The van der Waals surface area contributed by atoms with Crippen LogP contribution in [0.3, 0.4) is 0 Å². The summed E-state index contributed by atoms with van der Waals surface area (Å²) in [6, 6.07) is 22.7. The molecule has 0 atom stereocenters. The molecule has 0 unspecified atom stereocenters. The van der Waals surface area contributed by atoms with Crippen molar-refractivity contribution in [2.45, 2.75) is 37.8 Å². The number of hydrogen-bond donors (Lipinski definition) is 6. The number of piperazine rings is 2. The Bertz CT molecular complexity index is 3720. The number of anilines is 12. The zero-order valence-corrected chi connectivity index (χ0v) is 60.5. The van der Waals surface area contributed by atoms with Crippen molar-refractivity contribution in [1.29, 1.82) is 0 Å². The Balaban J connectivity index is 0.000000268. The number of carbonyl (C=O) groups excluding carboxylic acids is 3. The van der Waals surface area contributed by atoms with Crippen LogP contribution in [0.15, 0.2) is 111 Å². The normalized spacial score (nSPS) is 15.8. The van der Waals surface area contributed by atoms with E-state index in [1.54, 1.807) is 102 Å². The molecular weight excluding hydrogens is 1310 g/mol.